The van der Waals surface area contributed by atoms with Crippen molar-refractivity contribution >= 4 is 28.3 Å². The van der Waals surface area contributed by atoms with Gasteiger partial charge in [0, 0.05) is 48.0 Å². The van der Waals surface area contributed by atoms with E-state index in [1.165, 1.54) is 33.6 Å². The number of carbonyl (C=O) groups is 2. The number of benzene rings is 4. The van der Waals surface area contributed by atoms with Crippen LogP contribution in [0.1, 0.15) is 76.2 Å². The molecule has 3 aliphatic rings. The molecule has 7 heteroatoms. The van der Waals surface area contributed by atoms with E-state index in [2.05, 4.69) is 60.8 Å². The Morgan fingerprint density at radius 2 is 1.57 bits per heavy atom. The van der Waals surface area contributed by atoms with Crippen molar-refractivity contribution in [2.45, 2.75) is 44.6 Å². The maximum Gasteiger partial charge on any atom is 0.254 e. The van der Waals surface area contributed by atoms with Crippen molar-refractivity contribution in [3.8, 4) is 11.3 Å². The minimum Gasteiger partial charge on any atom is -0.396 e. The van der Waals surface area contributed by atoms with Crippen molar-refractivity contribution in [2.75, 3.05) is 18.5 Å². The molecular formula is C39H37N3O3S. The number of rotatable bonds is 10. The fraction of sp³-hybridized carbons (Fsp3) is 0.256. The molecule has 0 spiro atoms. The first kappa shape index (κ1) is 30.1. The summed E-state index contributed by atoms with van der Waals surface area (Å²) in [4.78, 5) is 34.5. The van der Waals surface area contributed by atoms with Crippen molar-refractivity contribution < 1.29 is 14.7 Å². The average Bonchev–Trinajstić information content (AvgIpc) is 3.57. The third-order valence-electron chi connectivity index (χ3n) is 9.62. The van der Waals surface area contributed by atoms with E-state index in [1.54, 1.807) is 0 Å². The van der Waals surface area contributed by atoms with Gasteiger partial charge < -0.3 is 15.3 Å². The summed E-state index contributed by atoms with van der Waals surface area (Å²) in [6, 6.07) is 34.6. The van der Waals surface area contributed by atoms with E-state index in [0.29, 0.717) is 30.2 Å². The summed E-state index contributed by atoms with van der Waals surface area (Å²) in [6.07, 6.45) is 2.12. The Labute approximate surface area is 273 Å². The smallest absolute Gasteiger partial charge is 0.254 e. The van der Waals surface area contributed by atoms with E-state index in [1.807, 2.05) is 64.9 Å². The van der Waals surface area contributed by atoms with Gasteiger partial charge in [0.15, 0.2) is 5.13 Å². The molecule has 2 N–H and O–H groups in total. The lowest BCUT2D eigenvalue weighted by atomic mass is 9.52. The summed E-state index contributed by atoms with van der Waals surface area (Å²) in [5, 5.41) is 15.0. The lowest BCUT2D eigenvalue weighted by Gasteiger charge is -2.50. The summed E-state index contributed by atoms with van der Waals surface area (Å²) >= 11 is 1.40. The van der Waals surface area contributed by atoms with Crippen molar-refractivity contribution in [1.82, 2.24) is 9.88 Å². The van der Waals surface area contributed by atoms with Crippen LogP contribution in [0.25, 0.3) is 11.3 Å². The van der Waals surface area contributed by atoms with Gasteiger partial charge in [-0.25, -0.2) is 4.98 Å². The summed E-state index contributed by atoms with van der Waals surface area (Å²) < 4.78 is 0. The quantitative estimate of drug-likeness (QED) is 0.155. The number of aliphatic hydroxyl groups excluding tert-OH is 1. The normalized spacial score (nSPS) is 19.3. The fourth-order valence-electron chi connectivity index (χ4n) is 7.36. The van der Waals surface area contributed by atoms with Crippen LogP contribution in [0, 0.1) is 5.41 Å². The Bertz CT molecular complexity index is 1840. The van der Waals surface area contributed by atoms with Crippen LogP contribution >= 0.6 is 11.3 Å². The van der Waals surface area contributed by atoms with Gasteiger partial charge in [-0.05, 0) is 66.1 Å². The highest BCUT2D eigenvalue weighted by Gasteiger charge is 2.54. The Hall–Kier alpha value is -4.59. The number of thiazole rings is 1. The van der Waals surface area contributed by atoms with Gasteiger partial charge in [0.25, 0.3) is 5.91 Å². The van der Waals surface area contributed by atoms with E-state index < -0.39 is 5.41 Å². The van der Waals surface area contributed by atoms with Gasteiger partial charge in [-0.3, -0.25) is 9.59 Å². The lowest BCUT2D eigenvalue weighted by Crippen LogP contribution is -2.47. The maximum absolute atomic E-state index is 14.1. The topological polar surface area (TPSA) is 82.5 Å². The number of aromatic nitrogens is 1. The molecule has 5 aromatic rings. The molecule has 1 atom stereocenters. The second-order valence-electron chi connectivity index (χ2n) is 12.6. The largest absolute Gasteiger partial charge is 0.396 e. The maximum atomic E-state index is 14.1. The Balaban J connectivity index is 1.10. The first-order chi connectivity index (χ1) is 22.5. The molecule has 0 saturated heterocycles. The second-order valence-corrected chi connectivity index (χ2v) is 13.4. The van der Waals surface area contributed by atoms with E-state index in [9.17, 15) is 14.7 Å². The number of nitrogens with one attached hydrogen (secondary N) is 1. The summed E-state index contributed by atoms with van der Waals surface area (Å²) in [5.74, 6) is 0.0811. The molecule has 1 aromatic heterocycles. The number of nitrogens with zero attached hydrogens (tertiary/aromatic N) is 2. The van der Waals surface area contributed by atoms with Gasteiger partial charge in [-0.2, -0.15) is 0 Å². The minimum atomic E-state index is -0.621. The molecule has 1 unspecified atom stereocenters. The van der Waals surface area contributed by atoms with Gasteiger partial charge >= 0.3 is 0 Å². The standard InChI is InChI=1S/C39H37N3O3S/c1-39(23-33-29-16-5-7-18-31(29)35(39)32-19-8-6-17-30(32)33)37(45)41-38-40-34(25-46-38)27-14-11-15-28(22-27)36(44)42(20-9-10-21-43)24-26-12-3-2-4-13-26/h2-8,11-19,22,25,33,35,43H,9-10,20-21,23-24H2,1H3,(H,40,41,45). The predicted molar refractivity (Wildman–Crippen MR) is 183 cm³/mol. The highest BCUT2D eigenvalue weighted by Crippen LogP contribution is 2.61. The van der Waals surface area contributed by atoms with Gasteiger partial charge in [0.2, 0.25) is 5.91 Å². The molecule has 3 aliphatic carbocycles. The zero-order chi connectivity index (χ0) is 31.7. The van der Waals surface area contributed by atoms with Crippen LogP contribution in [0.5, 0.6) is 0 Å². The third-order valence-corrected chi connectivity index (χ3v) is 10.4. The van der Waals surface area contributed by atoms with E-state index in [4.69, 9.17) is 4.98 Å². The molecule has 232 valence electrons. The number of hydrogen-bond donors (Lipinski definition) is 2. The number of anilines is 1. The first-order valence-corrected chi connectivity index (χ1v) is 16.8. The third kappa shape index (κ3) is 5.54. The van der Waals surface area contributed by atoms with Crippen molar-refractivity contribution in [1.29, 1.82) is 0 Å². The molecule has 2 amide bonds. The van der Waals surface area contributed by atoms with Crippen LogP contribution < -0.4 is 5.32 Å². The molecule has 4 aromatic carbocycles. The number of unbranched alkanes of at least 4 members (excludes halogenated alkanes) is 1. The minimum absolute atomic E-state index is 0.0178. The summed E-state index contributed by atoms with van der Waals surface area (Å²) in [6.45, 7) is 3.25. The number of hydrogen-bond acceptors (Lipinski definition) is 5. The zero-order valence-electron chi connectivity index (χ0n) is 25.9. The van der Waals surface area contributed by atoms with Crippen LogP contribution in [0.15, 0.2) is 109 Å². The second kappa shape index (κ2) is 12.7. The Morgan fingerprint density at radius 3 is 2.26 bits per heavy atom. The van der Waals surface area contributed by atoms with Gasteiger partial charge in [0.1, 0.15) is 0 Å². The van der Waals surface area contributed by atoms with Gasteiger partial charge in [-0.1, -0.05) is 91.0 Å². The predicted octanol–water partition coefficient (Wildman–Crippen LogP) is 7.85. The number of aliphatic hydroxyl groups is 1. The molecule has 0 saturated carbocycles. The van der Waals surface area contributed by atoms with E-state index in [0.717, 1.165) is 29.7 Å². The van der Waals surface area contributed by atoms with E-state index in [-0.39, 0.29) is 30.3 Å². The Kier molecular flexibility index (Phi) is 8.28. The molecule has 0 radical (unpaired) electrons. The first-order valence-electron chi connectivity index (χ1n) is 16.0. The highest BCUT2D eigenvalue weighted by molar-refractivity contribution is 7.14. The van der Waals surface area contributed by atoms with Crippen LogP contribution in [0.2, 0.25) is 0 Å². The number of amides is 2. The molecule has 2 bridgehead atoms. The fourth-order valence-corrected chi connectivity index (χ4v) is 8.07. The van der Waals surface area contributed by atoms with Crippen LogP contribution in [0.4, 0.5) is 5.13 Å². The summed E-state index contributed by atoms with van der Waals surface area (Å²) in [5.41, 5.74) is 7.71. The molecule has 46 heavy (non-hydrogen) atoms. The van der Waals surface area contributed by atoms with Gasteiger partial charge in [0.05, 0.1) is 11.1 Å². The molecule has 8 rings (SSSR count). The zero-order valence-corrected chi connectivity index (χ0v) is 26.7. The van der Waals surface area contributed by atoms with Crippen molar-refractivity contribution in [2.24, 2.45) is 5.41 Å². The van der Waals surface area contributed by atoms with Crippen LogP contribution in [-0.4, -0.2) is 40.0 Å². The van der Waals surface area contributed by atoms with Crippen molar-refractivity contribution in [3.05, 3.63) is 142 Å². The van der Waals surface area contributed by atoms with Gasteiger partial charge in [-0.15, -0.1) is 11.3 Å². The average molecular weight is 628 g/mol. The molecular weight excluding hydrogens is 591 g/mol. The van der Waals surface area contributed by atoms with Crippen molar-refractivity contribution in [3.63, 3.8) is 0 Å². The summed E-state index contributed by atoms with van der Waals surface area (Å²) in [7, 11) is 0. The molecule has 6 nitrogen and oxygen atoms in total. The Morgan fingerprint density at radius 1 is 0.891 bits per heavy atom. The monoisotopic (exact) mass is 627 g/mol. The number of fused-ring (bicyclic) bond motifs is 1. The molecule has 0 aliphatic heterocycles. The molecule has 0 fully saturated rings. The van der Waals surface area contributed by atoms with E-state index >= 15 is 0 Å². The van der Waals surface area contributed by atoms with Crippen LogP contribution in [-0.2, 0) is 11.3 Å². The van der Waals surface area contributed by atoms with Crippen LogP contribution in [0.3, 0.4) is 0 Å². The molecule has 1 heterocycles. The number of carbonyl (C=O) groups excluding carboxylic acids is 2. The highest BCUT2D eigenvalue weighted by atomic mass is 32.1. The lowest BCUT2D eigenvalue weighted by molar-refractivity contribution is -0.126. The SMILES string of the molecule is CC1(C(=O)Nc2nc(-c3cccc(C(=O)N(CCCCO)Cc4ccccc4)c3)cs2)CC2c3ccccc3C1c1ccccc12.